The molecule has 17 heavy (non-hydrogen) atoms. The molecular weight excluding hydrogens is 264 g/mol. The van der Waals surface area contributed by atoms with Crippen LogP contribution in [0.15, 0.2) is 21.7 Å². The van der Waals surface area contributed by atoms with E-state index in [1.807, 2.05) is 0 Å². The van der Waals surface area contributed by atoms with Crippen molar-refractivity contribution >= 4 is 27.3 Å². The first-order chi connectivity index (χ1) is 7.94. The maximum Gasteiger partial charge on any atom is 0.250 e. The lowest BCUT2D eigenvalue weighted by atomic mass is 9.94. The maximum absolute atomic E-state index is 12.0. The Balaban J connectivity index is 2.17. The quantitative estimate of drug-likeness (QED) is 0.769. The Kier molecular flexibility index (Phi) is 3.21. The van der Waals surface area contributed by atoms with Crippen LogP contribution in [0.4, 0.5) is 0 Å². The largest absolute Gasteiger partial charge is 0.377 e. The Morgan fingerprint density at radius 2 is 2.29 bits per heavy atom. The summed E-state index contributed by atoms with van der Waals surface area (Å²) in [7, 11) is -3.60. The number of primary amides is 1. The van der Waals surface area contributed by atoms with E-state index in [0.717, 1.165) is 11.3 Å². The lowest BCUT2D eigenvalue weighted by Gasteiger charge is -2.40. The molecule has 1 fully saturated rings. The third kappa shape index (κ3) is 2.65. The van der Waals surface area contributed by atoms with Gasteiger partial charge in [0.05, 0.1) is 25.2 Å². The third-order valence-corrected chi connectivity index (χ3v) is 5.36. The van der Waals surface area contributed by atoms with Gasteiger partial charge in [-0.25, -0.2) is 8.42 Å². The number of rotatable bonds is 5. The Labute approximate surface area is 103 Å². The molecule has 0 aliphatic carbocycles. The molecule has 1 aliphatic heterocycles. The van der Waals surface area contributed by atoms with E-state index in [9.17, 15) is 13.2 Å². The first-order valence-corrected chi connectivity index (χ1v) is 7.23. The number of carbonyl (C=O) groups is 1. The Morgan fingerprint density at radius 3 is 2.71 bits per heavy atom. The number of amides is 1. The number of nitrogens with two attached hydrogens (primary N) is 1. The van der Waals surface area contributed by atoms with Crippen LogP contribution in [0.5, 0.6) is 0 Å². The van der Waals surface area contributed by atoms with E-state index in [0.29, 0.717) is 0 Å². The molecule has 0 unspecified atom stereocenters. The van der Waals surface area contributed by atoms with Gasteiger partial charge >= 0.3 is 0 Å². The first kappa shape index (κ1) is 12.5. The van der Waals surface area contributed by atoms with Crippen molar-refractivity contribution in [1.29, 1.82) is 0 Å². The van der Waals surface area contributed by atoms with Crippen molar-refractivity contribution in [2.45, 2.75) is 16.2 Å². The van der Waals surface area contributed by atoms with Crippen molar-refractivity contribution in [2.75, 3.05) is 13.2 Å². The topological polar surface area (TPSA) is 98.5 Å². The summed E-state index contributed by atoms with van der Waals surface area (Å²) in [5.41, 5.74) is 4.22. The highest BCUT2D eigenvalue weighted by Gasteiger charge is 2.43. The molecule has 0 aromatic carbocycles. The molecule has 1 aromatic rings. The standard InChI is InChI=1S/C9H12N2O4S2/c10-7(12)4-9(5-15-6-9)11-17(13,14)8-2-1-3-16-8/h1-3,11H,4-6H2,(H2,10,12). The van der Waals surface area contributed by atoms with Gasteiger partial charge in [0.25, 0.3) is 10.0 Å². The van der Waals surface area contributed by atoms with Gasteiger partial charge in [0.1, 0.15) is 4.21 Å². The number of carbonyl (C=O) groups excluding carboxylic acids is 1. The Hall–Kier alpha value is -0.960. The summed E-state index contributed by atoms with van der Waals surface area (Å²) < 4.78 is 31.6. The van der Waals surface area contributed by atoms with Crippen molar-refractivity contribution in [1.82, 2.24) is 4.72 Å². The molecule has 1 aromatic heterocycles. The summed E-state index contributed by atoms with van der Waals surface area (Å²) >= 11 is 1.12. The number of nitrogens with one attached hydrogen (secondary N) is 1. The number of ether oxygens (including phenoxy) is 1. The van der Waals surface area contributed by atoms with Gasteiger partial charge in [-0.1, -0.05) is 6.07 Å². The van der Waals surface area contributed by atoms with Gasteiger partial charge in [-0.3, -0.25) is 4.79 Å². The number of thiophene rings is 1. The molecule has 1 amide bonds. The molecular formula is C9H12N2O4S2. The summed E-state index contributed by atoms with van der Waals surface area (Å²) in [5, 5.41) is 1.67. The predicted octanol–water partition coefficient (Wildman–Crippen LogP) is -0.329. The fraction of sp³-hybridized carbons (Fsp3) is 0.444. The third-order valence-electron chi connectivity index (χ3n) is 2.38. The van der Waals surface area contributed by atoms with E-state index in [2.05, 4.69) is 4.72 Å². The molecule has 0 radical (unpaired) electrons. The molecule has 2 rings (SSSR count). The maximum atomic E-state index is 12.0. The van der Waals surface area contributed by atoms with Crippen LogP contribution in [-0.4, -0.2) is 33.1 Å². The molecule has 2 heterocycles. The smallest absolute Gasteiger partial charge is 0.250 e. The number of hydrogen-bond acceptors (Lipinski definition) is 5. The van der Waals surface area contributed by atoms with Crippen molar-refractivity contribution in [2.24, 2.45) is 5.73 Å². The Bertz CT molecular complexity index is 505. The molecule has 3 N–H and O–H groups in total. The van der Waals surface area contributed by atoms with E-state index < -0.39 is 21.5 Å². The fourth-order valence-corrected chi connectivity index (χ4v) is 4.00. The molecule has 0 atom stereocenters. The molecule has 6 nitrogen and oxygen atoms in total. The minimum atomic E-state index is -3.60. The van der Waals surface area contributed by atoms with Crippen molar-refractivity contribution in [3.63, 3.8) is 0 Å². The second kappa shape index (κ2) is 4.37. The van der Waals surface area contributed by atoms with Crippen LogP contribution in [0.3, 0.4) is 0 Å². The van der Waals surface area contributed by atoms with Crippen LogP contribution < -0.4 is 10.5 Å². The van der Waals surface area contributed by atoms with Crippen LogP contribution >= 0.6 is 11.3 Å². The van der Waals surface area contributed by atoms with Gasteiger partial charge in [0, 0.05) is 0 Å². The average molecular weight is 276 g/mol. The summed E-state index contributed by atoms with van der Waals surface area (Å²) in [5.74, 6) is -0.554. The molecule has 8 heteroatoms. The minimum Gasteiger partial charge on any atom is -0.377 e. The summed E-state index contributed by atoms with van der Waals surface area (Å²) in [6.45, 7) is 0.334. The number of hydrogen-bond donors (Lipinski definition) is 2. The second-order valence-corrected chi connectivity index (χ2v) is 6.81. The number of sulfonamides is 1. The second-order valence-electron chi connectivity index (χ2n) is 3.95. The minimum absolute atomic E-state index is 0.0579. The van der Waals surface area contributed by atoms with Crippen LogP contribution in [0.2, 0.25) is 0 Å². The van der Waals surface area contributed by atoms with Gasteiger partial charge in [0.2, 0.25) is 5.91 Å². The molecule has 0 bridgehead atoms. The highest BCUT2D eigenvalue weighted by atomic mass is 32.2. The van der Waals surface area contributed by atoms with E-state index in [4.69, 9.17) is 10.5 Å². The lowest BCUT2D eigenvalue weighted by Crippen LogP contribution is -2.63. The lowest BCUT2D eigenvalue weighted by molar-refractivity contribution is -0.126. The van der Waals surface area contributed by atoms with Crippen LogP contribution in [0, 0.1) is 0 Å². The zero-order chi connectivity index (χ0) is 12.5. The monoisotopic (exact) mass is 276 g/mol. The zero-order valence-electron chi connectivity index (χ0n) is 8.88. The zero-order valence-corrected chi connectivity index (χ0v) is 10.5. The van der Waals surface area contributed by atoms with E-state index >= 15 is 0 Å². The van der Waals surface area contributed by atoms with Crippen molar-refractivity contribution in [3.05, 3.63) is 17.5 Å². The predicted molar refractivity (Wildman–Crippen MR) is 62.0 cm³/mol. The van der Waals surface area contributed by atoms with E-state index in [-0.39, 0.29) is 23.8 Å². The van der Waals surface area contributed by atoms with Crippen molar-refractivity contribution < 1.29 is 17.9 Å². The van der Waals surface area contributed by atoms with Gasteiger partial charge in [-0.05, 0) is 11.4 Å². The summed E-state index contributed by atoms with van der Waals surface area (Å²) in [6, 6.07) is 3.15. The normalized spacial score (nSPS) is 18.6. The Morgan fingerprint density at radius 1 is 1.59 bits per heavy atom. The van der Waals surface area contributed by atoms with Crippen LogP contribution in [-0.2, 0) is 19.6 Å². The van der Waals surface area contributed by atoms with Crippen LogP contribution in [0.25, 0.3) is 0 Å². The molecule has 94 valence electrons. The van der Waals surface area contributed by atoms with Crippen molar-refractivity contribution in [3.8, 4) is 0 Å². The summed E-state index contributed by atoms with van der Waals surface area (Å²) in [4.78, 5) is 10.9. The van der Waals surface area contributed by atoms with Gasteiger partial charge in [-0.2, -0.15) is 4.72 Å². The molecule has 0 spiro atoms. The molecule has 1 aliphatic rings. The fourth-order valence-electron chi connectivity index (χ4n) is 1.63. The summed E-state index contributed by atoms with van der Waals surface area (Å²) in [6.07, 6.45) is -0.0579. The molecule has 0 saturated carbocycles. The first-order valence-electron chi connectivity index (χ1n) is 4.87. The van der Waals surface area contributed by atoms with E-state index in [1.54, 1.807) is 11.4 Å². The molecule has 1 saturated heterocycles. The van der Waals surface area contributed by atoms with E-state index in [1.165, 1.54) is 6.07 Å². The van der Waals surface area contributed by atoms with Gasteiger partial charge in [-0.15, -0.1) is 11.3 Å². The van der Waals surface area contributed by atoms with Gasteiger partial charge in [0.15, 0.2) is 0 Å². The highest BCUT2D eigenvalue weighted by Crippen LogP contribution is 2.25. The SMILES string of the molecule is NC(=O)CC1(NS(=O)(=O)c2cccs2)COC1. The van der Waals surface area contributed by atoms with Gasteiger partial charge < -0.3 is 10.5 Å². The van der Waals surface area contributed by atoms with Crippen LogP contribution in [0.1, 0.15) is 6.42 Å². The highest BCUT2D eigenvalue weighted by molar-refractivity contribution is 7.91. The average Bonchev–Trinajstić information content (AvgIpc) is 2.66.